The lowest BCUT2D eigenvalue weighted by Gasteiger charge is -2.17. The van der Waals surface area contributed by atoms with Crippen LogP contribution in [0.3, 0.4) is 0 Å². The van der Waals surface area contributed by atoms with Gasteiger partial charge in [0.1, 0.15) is 0 Å². The average molecular weight is 422 g/mol. The number of carbonyl (C=O) groups is 2. The van der Waals surface area contributed by atoms with Gasteiger partial charge in [0.25, 0.3) is 0 Å². The van der Waals surface area contributed by atoms with Crippen molar-refractivity contribution < 1.29 is 24.2 Å². The summed E-state index contributed by atoms with van der Waals surface area (Å²) in [4.78, 5) is 23.3. The first-order valence-electron chi connectivity index (χ1n) is 9.75. The molecular weight excluding hydrogens is 394 g/mol. The van der Waals surface area contributed by atoms with Crippen LogP contribution in [0.5, 0.6) is 0 Å². The molecule has 29 heavy (non-hydrogen) atoms. The number of carboxylic acids is 1. The van der Waals surface area contributed by atoms with Crippen LogP contribution in [0.25, 0.3) is 0 Å². The molecule has 0 aromatic heterocycles. The maximum absolute atomic E-state index is 11.9. The predicted molar refractivity (Wildman–Crippen MR) is 112 cm³/mol. The van der Waals surface area contributed by atoms with Crippen molar-refractivity contribution in [2.75, 3.05) is 6.61 Å². The molecule has 0 heterocycles. The minimum absolute atomic E-state index is 0.174. The molecule has 0 spiro atoms. The molecule has 0 fully saturated rings. The molecule has 2 rings (SSSR count). The van der Waals surface area contributed by atoms with E-state index in [4.69, 9.17) is 21.1 Å². The van der Waals surface area contributed by atoms with Crippen molar-refractivity contribution >= 4 is 23.7 Å². The molecule has 1 aromatic rings. The van der Waals surface area contributed by atoms with E-state index in [0.717, 1.165) is 34.6 Å². The van der Waals surface area contributed by atoms with Crippen molar-refractivity contribution in [3.05, 3.63) is 58.1 Å². The standard InChI is InChI=1S/C22H28ClNO5/c1-15(2)29-20(21(25)26)13-17-6-3-7-18(11-17)14-24-22(27)28-10-9-16-5-4-8-19(23)12-16/h3,5-7,11-12,15,20H,4,8-10,13-14H2,1-2H3,(H,24,27)(H,25,26)/t20-/m0/s1. The maximum atomic E-state index is 11.9. The summed E-state index contributed by atoms with van der Waals surface area (Å²) < 4.78 is 10.7. The van der Waals surface area contributed by atoms with Crippen molar-refractivity contribution in [3.63, 3.8) is 0 Å². The second-order valence-electron chi connectivity index (χ2n) is 7.18. The lowest BCUT2D eigenvalue weighted by molar-refractivity contribution is -0.153. The van der Waals surface area contributed by atoms with Crippen LogP contribution in [0.1, 0.15) is 44.2 Å². The van der Waals surface area contributed by atoms with Gasteiger partial charge >= 0.3 is 12.1 Å². The zero-order valence-corrected chi connectivity index (χ0v) is 17.6. The van der Waals surface area contributed by atoms with E-state index in [1.165, 1.54) is 0 Å². The van der Waals surface area contributed by atoms with Crippen molar-refractivity contribution in [1.82, 2.24) is 5.32 Å². The maximum Gasteiger partial charge on any atom is 0.407 e. The molecule has 0 saturated heterocycles. The van der Waals surface area contributed by atoms with Crippen LogP contribution in [-0.2, 0) is 27.2 Å². The SMILES string of the molecule is CC(C)O[C@@H](Cc1cccc(CNC(=O)OCCC2=CCCC(Cl)=C2)c1)C(=O)O. The molecule has 1 aliphatic carbocycles. The lowest BCUT2D eigenvalue weighted by Crippen LogP contribution is -2.29. The third-order valence-corrected chi connectivity index (χ3v) is 4.61. The number of rotatable bonds is 10. The smallest absolute Gasteiger partial charge is 0.407 e. The van der Waals surface area contributed by atoms with Crippen LogP contribution in [0.2, 0.25) is 0 Å². The van der Waals surface area contributed by atoms with Crippen LogP contribution in [0.4, 0.5) is 4.79 Å². The number of halogens is 1. The number of aliphatic carboxylic acids is 1. The summed E-state index contributed by atoms with van der Waals surface area (Å²) in [7, 11) is 0. The second kappa shape index (κ2) is 11.6. The third kappa shape index (κ3) is 8.71. The van der Waals surface area contributed by atoms with Crippen molar-refractivity contribution in [2.24, 2.45) is 0 Å². The van der Waals surface area contributed by atoms with Gasteiger partial charge < -0.3 is 19.9 Å². The first-order valence-corrected chi connectivity index (χ1v) is 10.1. The Balaban J connectivity index is 1.78. The Labute approximate surface area is 176 Å². The van der Waals surface area contributed by atoms with E-state index in [1.54, 1.807) is 13.8 Å². The van der Waals surface area contributed by atoms with Crippen molar-refractivity contribution in [2.45, 2.75) is 58.3 Å². The van der Waals surface area contributed by atoms with Crippen molar-refractivity contribution in [3.8, 4) is 0 Å². The fraction of sp³-hybridized carbons (Fsp3) is 0.455. The Hall–Kier alpha value is -2.31. The fourth-order valence-corrected chi connectivity index (χ4v) is 3.24. The number of benzene rings is 1. The Bertz CT molecular complexity index is 772. The molecule has 0 unspecified atom stereocenters. The molecule has 7 heteroatoms. The van der Waals surface area contributed by atoms with Crippen LogP contribution in [0.15, 0.2) is 47.0 Å². The molecule has 2 N–H and O–H groups in total. The highest BCUT2D eigenvalue weighted by Gasteiger charge is 2.20. The van der Waals surface area contributed by atoms with Crippen LogP contribution < -0.4 is 5.32 Å². The van der Waals surface area contributed by atoms with Gasteiger partial charge in [0.05, 0.1) is 12.7 Å². The first-order chi connectivity index (χ1) is 13.8. The first kappa shape index (κ1) is 23.0. The number of hydrogen-bond acceptors (Lipinski definition) is 4. The minimum atomic E-state index is -0.991. The Morgan fingerprint density at radius 2 is 2.03 bits per heavy atom. The summed E-state index contributed by atoms with van der Waals surface area (Å²) in [5.41, 5.74) is 2.77. The molecule has 1 amide bonds. The van der Waals surface area contributed by atoms with E-state index in [9.17, 15) is 14.7 Å². The van der Waals surface area contributed by atoms with Gasteiger partial charge in [-0.2, -0.15) is 0 Å². The molecule has 6 nitrogen and oxygen atoms in total. The van der Waals surface area contributed by atoms with Gasteiger partial charge in [-0.25, -0.2) is 9.59 Å². The summed E-state index contributed by atoms with van der Waals surface area (Å²) in [5.74, 6) is -0.991. The monoisotopic (exact) mass is 421 g/mol. The molecule has 1 aliphatic rings. The van der Waals surface area contributed by atoms with E-state index >= 15 is 0 Å². The highest BCUT2D eigenvalue weighted by atomic mass is 35.5. The molecule has 158 valence electrons. The largest absolute Gasteiger partial charge is 0.479 e. The Morgan fingerprint density at radius 3 is 2.72 bits per heavy atom. The predicted octanol–water partition coefficient (Wildman–Crippen LogP) is 4.57. The average Bonchev–Trinajstić information content (AvgIpc) is 2.66. The fourth-order valence-electron chi connectivity index (χ4n) is 2.99. The number of ether oxygens (including phenoxy) is 2. The van der Waals surface area contributed by atoms with Crippen molar-refractivity contribution in [1.29, 1.82) is 0 Å². The molecular formula is C22H28ClNO5. The third-order valence-electron chi connectivity index (χ3n) is 4.32. The van der Waals surface area contributed by atoms with Gasteiger partial charge in [0.2, 0.25) is 0 Å². The molecule has 0 bridgehead atoms. The van der Waals surface area contributed by atoms with Gasteiger partial charge in [-0.15, -0.1) is 0 Å². The quantitative estimate of drug-likeness (QED) is 0.578. The summed E-state index contributed by atoms with van der Waals surface area (Å²) in [6.45, 7) is 4.18. The number of alkyl carbamates (subject to hydrolysis) is 1. The summed E-state index contributed by atoms with van der Waals surface area (Å²) in [6, 6.07) is 7.40. The number of hydrogen-bond donors (Lipinski definition) is 2. The van der Waals surface area contributed by atoms with E-state index < -0.39 is 18.2 Å². The molecule has 0 saturated carbocycles. The summed E-state index contributed by atoms with van der Waals surface area (Å²) in [6.07, 6.45) is 5.13. The van der Waals surface area contributed by atoms with Crippen LogP contribution >= 0.6 is 11.6 Å². The van der Waals surface area contributed by atoms with Gasteiger partial charge in [0, 0.05) is 24.4 Å². The van der Waals surface area contributed by atoms with E-state index in [1.807, 2.05) is 30.3 Å². The zero-order chi connectivity index (χ0) is 21.2. The summed E-state index contributed by atoms with van der Waals surface area (Å²) >= 11 is 6.02. The van der Waals surface area contributed by atoms with Gasteiger partial charge in [-0.3, -0.25) is 0 Å². The number of carbonyl (C=O) groups excluding carboxylic acids is 1. The van der Waals surface area contributed by atoms with Gasteiger partial charge in [0.15, 0.2) is 6.10 Å². The number of nitrogens with one attached hydrogen (secondary N) is 1. The Kier molecular flexibility index (Phi) is 9.22. The number of amides is 1. The molecule has 1 atom stereocenters. The minimum Gasteiger partial charge on any atom is -0.479 e. The summed E-state index contributed by atoms with van der Waals surface area (Å²) in [5, 5.41) is 12.8. The van der Waals surface area contributed by atoms with E-state index in [0.29, 0.717) is 13.0 Å². The molecule has 1 aromatic carbocycles. The zero-order valence-electron chi connectivity index (χ0n) is 16.8. The number of allylic oxidation sites excluding steroid dienone is 3. The second-order valence-corrected chi connectivity index (χ2v) is 7.67. The van der Waals surface area contributed by atoms with Crippen LogP contribution in [0, 0.1) is 0 Å². The highest BCUT2D eigenvalue weighted by Crippen LogP contribution is 2.22. The normalized spacial score (nSPS) is 14.8. The van der Waals surface area contributed by atoms with Gasteiger partial charge in [-0.1, -0.05) is 41.9 Å². The van der Waals surface area contributed by atoms with Crippen LogP contribution in [-0.4, -0.2) is 36.0 Å². The lowest BCUT2D eigenvalue weighted by atomic mass is 10.0. The highest BCUT2D eigenvalue weighted by molar-refractivity contribution is 6.29. The van der Waals surface area contributed by atoms with E-state index in [2.05, 4.69) is 11.4 Å². The van der Waals surface area contributed by atoms with Gasteiger partial charge in [-0.05, 0) is 49.5 Å². The van der Waals surface area contributed by atoms with E-state index in [-0.39, 0.29) is 19.1 Å². The topological polar surface area (TPSA) is 84.9 Å². The number of carboxylic acid groups (broad SMARTS) is 1. The molecule has 0 aliphatic heterocycles. The Morgan fingerprint density at radius 1 is 1.28 bits per heavy atom. The molecule has 0 radical (unpaired) electrons.